The Bertz CT molecular complexity index is 540. The van der Waals surface area contributed by atoms with E-state index in [-0.39, 0.29) is 6.10 Å². The number of benzene rings is 2. The Labute approximate surface area is 133 Å². The molecule has 0 spiro atoms. The van der Waals surface area contributed by atoms with Crippen LogP contribution in [0.25, 0.3) is 0 Å². The Balaban J connectivity index is 1.77. The van der Waals surface area contributed by atoms with Gasteiger partial charge in [0.05, 0.1) is 19.3 Å². The SMILES string of the molecule is C[C@H](O)CNCc1ccccc1CCOCc1ccccc1. The first-order valence-corrected chi connectivity index (χ1v) is 7.83. The van der Waals surface area contributed by atoms with Gasteiger partial charge < -0.3 is 15.2 Å². The van der Waals surface area contributed by atoms with Crippen LogP contribution < -0.4 is 5.32 Å². The highest BCUT2D eigenvalue weighted by atomic mass is 16.5. The van der Waals surface area contributed by atoms with Crippen LogP contribution in [0.1, 0.15) is 23.6 Å². The van der Waals surface area contributed by atoms with Gasteiger partial charge in [-0.05, 0) is 30.0 Å². The van der Waals surface area contributed by atoms with E-state index >= 15 is 0 Å². The molecule has 3 nitrogen and oxygen atoms in total. The molecule has 0 fully saturated rings. The third-order valence-corrected chi connectivity index (χ3v) is 3.50. The minimum absolute atomic E-state index is 0.318. The molecule has 0 aromatic heterocycles. The first kappa shape index (κ1) is 16.7. The molecule has 0 saturated carbocycles. The van der Waals surface area contributed by atoms with Crippen LogP contribution in [0.2, 0.25) is 0 Å². The van der Waals surface area contributed by atoms with Crippen molar-refractivity contribution in [2.45, 2.75) is 32.6 Å². The predicted octanol–water partition coefficient (Wildman–Crippen LogP) is 2.92. The zero-order valence-corrected chi connectivity index (χ0v) is 13.2. The minimum atomic E-state index is -0.318. The van der Waals surface area contributed by atoms with Gasteiger partial charge in [0.1, 0.15) is 0 Å². The Morgan fingerprint density at radius 3 is 2.41 bits per heavy atom. The van der Waals surface area contributed by atoms with E-state index in [4.69, 9.17) is 4.74 Å². The Hall–Kier alpha value is -1.68. The normalized spacial score (nSPS) is 12.3. The minimum Gasteiger partial charge on any atom is -0.392 e. The monoisotopic (exact) mass is 299 g/mol. The van der Waals surface area contributed by atoms with Gasteiger partial charge in [-0.25, -0.2) is 0 Å². The van der Waals surface area contributed by atoms with Gasteiger partial charge in [0.25, 0.3) is 0 Å². The third kappa shape index (κ3) is 5.98. The fraction of sp³-hybridized carbons (Fsp3) is 0.368. The van der Waals surface area contributed by atoms with Gasteiger partial charge in [-0.1, -0.05) is 54.6 Å². The molecule has 2 aromatic carbocycles. The second kappa shape index (κ2) is 9.36. The van der Waals surface area contributed by atoms with Gasteiger partial charge in [-0.3, -0.25) is 0 Å². The zero-order valence-electron chi connectivity index (χ0n) is 13.2. The van der Waals surface area contributed by atoms with Crippen molar-refractivity contribution in [3.63, 3.8) is 0 Å². The van der Waals surface area contributed by atoms with Crippen molar-refractivity contribution in [1.82, 2.24) is 5.32 Å². The summed E-state index contributed by atoms with van der Waals surface area (Å²) in [4.78, 5) is 0. The molecule has 0 aliphatic rings. The number of nitrogens with one attached hydrogen (secondary N) is 1. The molecule has 0 aliphatic heterocycles. The fourth-order valence-electron chi connectivity index (χ4n) is 2.34. The molecule has 0 amide bonds. The highest BCUT2D eigenvalue weighted by Gasteiger charge is 2.03. The van der Waals surface area contributed by atoms with E-state index in [0.29, 0.717) is 19.8 Å². The quantitative estimate of drug-likeness (QED) is 0.700. The molecule has 0 heterocycles. The summed E-state index contributed by atoms with van der Waals surface area (Å²) in [5.74, 6) is 0. The second-order valence-corrected chi connectivity index (χ2v) is 5.54. The predicted molar refractivity (Wildman–Crippen MR) is 89.6 cm³/mol. The summed E-state index contributed by atoms with van der Waals surface area (Å²) in [6, 6.07) is 18.6. The van der Waals surface area contributed by atoms with Crippen LogP contribution in [0, 0.1) is 0 Å². The lowest BCUT2D eigenvalue weighted by atomic mass is 10.0. The molecule has 2 N–H and O–H groups in total. The van der Waals surface area contributed by atoms with Gasteiger partial charge in [-0.15, -0.1) is 0 Å². The molecular formula is C19H25NO2. The number of rotatable bonds is 9. The van der Waals surface area contributed by atoms with Crippen molar-refractivity contribution in [1.29, 1.82) is 0 Å². The summed E-state index contributed by atoms with van der Waals surface area (Å²) in [6.45, 7) is 4.54. The molecule has 2 aromatic rings. The highest BCUT2D eigenvalue weighted by molar-refractivity contribution is 5.27. The smallest absolute Gasteiger partial charge is 0.0717 e. The van der Waals surface area contributed by atoms with E-state index in [1.54, 1.807) is 6.92 Å². The van der Waals surface area contributed by atoms with Crippen molar-refractivity contribution in [3.8, 4) is 0 Å². The Morgan fingerprint density at radius 1 is 1.00 bits per heavy atom. The fourth-order valence-corrected chi connectivity index (χ4v) is 2.34. The van der Waals surface area contributed by atoms with Crippen LogP contribution in [-0.4, -0.2) is 24.4 Å². The average molecular weight is 299 g/mol. The molecule has 0 unspecified atom stereocenters. The van der Waals surface area contributed by atoms with Crippen molar-refractivity contribution < 1.29 is 9.84 Å². The van der Waals surface area contributed by atoms with Crippen molar-refractivity contribution in [2.75, 3.05) is 13.2 Å². The van der Waals surface area contributed by atoms with Crippen molar-refractivity contribution >= 4 is 0 Å². The molecule has 0 saturated heterocycles. The topological polar surface area (TPSA) is 41.5 Å². The summed E-state index contributed by atoms with van der Waals surface area (Å²) in [6.07, 6.45) is 0.584. The molecule has 2 rings (SSSR count). The van der Waals surface area contributed by atoms with Crippen LogP contribution in [-0.2, 0) is 24.3 Å². The maximum atomic E-state index is 9.30. The molecule has 118 valence electrons. The largest absolute Gasteiger partial charge is 0.392 e. The number of aliphatic hydroxyl groups excluding tert-OH is 1. The maximum Gasteiger partial charge on any atom is 0.0717 e. The molecule has 3 heteroatoms. The maximum absolute atomic E-state index is 9.30. The molecule has 0 aliphatic carbocycles. The van der Waals surface area contributed by atoms with Crippen LogP contribution in [0.3, 0.4) is 0 Å². The standard InChI is InChI=1S/C19H25NO2/c1-16(21)13-20-14-19-10-6-5-9-18(19)11-12-22-15-17-7-3-2-4-8-17/h2-10,16,20-21H,11-15H2,1H3/t16-/m0/s1. The van der Waals surface area contributed by atoms with E-state index in [2.05, 4.69) is 35.6 Å². The van der Waals surface area contributed by atoms with Crippen molar-refractivity contribution in [3.05, 3.63) is 71.3 Å². The van der Waals surface area contributed by atoms with E-state index in [1.807, 2.05) is 24.3 Å². The Kier molecular flexibility index (Phi) is 7.10. The van der Waals surface area contributed by atoms with Gasteiger partial charge in [0.2, 0.25) is 0 Å². The van der Waals surface area contributed by atoms with Crippen LogP contribution >= 0.6 is 0 Å². The van der Waals surface area contributed by atoms with Crippen LogP contribution in [0.5, 0.6) is 0 Å². The lowest BCUT2D eigenvalue weighted by molar-refractivity contribution is 0.123. The molecule has 0 bridgehead atoms. The third-order valence-electron chi connectivity index (χ3n) is 3.50. The lowest BCUT2D eigenvalue weighted by Gasteiger charge is -2.12. The lowest BCUT2D eigenvalue weighted by Crippen LogP contribution is -2.24. The zero-order chi connectivity index (χ0) is 15.6. The summed E-state index contributed by atoms with van der Waals surface area (Å²) in [7, 11) is 0. The molecule has 22 heavy (non-hydrogen) atoms. The summed E-state index contributed by atoms with van der Waals surface area (Å²) in [5.41, 5.74) is 3.77. The summed E-state index contributed by atoms with van der Waals surface area (Å²) in [5, 5.41) is 12.6. The van der Waals surface area contributed by atoms with Crippen LogP contribution in [0.15, 0.2) is 54.6 Å². The number of aliphatic hydroxyl groups is 1. The highest BCUT2D eigenvalue weighted by Crippen LogP contribution is 2.10. The van der Waals surface area contributed by atoms with E-state index in [1.165, 1.54) is 16.7 Å². The number of ether oxygens (including phenoxy) is 1. The second-order valence-electron chi connectivity index (χ2n) is 5.54. The molecular weight excluding hydrogens is 274 g/mol. The molecule has 1 atom stereocenters. The first-order chi connectivity index (χ1) is 10.8. The number of hydrogen-bond donors (Lipinski definition) is 2. The average Bonchev–Trinajstić information content (AvgIpc) is 2.53. The molecule has 0 radical (unpaired) electrons. The van der Waals surface area contributed by atoms with Crippen molar-refractivity contribution in [2.24, 2.45) is 0 Å². The van der Waals surface area contributed by atoms with Gasteiger partial charge in [0.15, 0.2) is 0 Å². The summed E-state index contributed by atoms with van der Waals surface area (Å²) < 4.78 is 5.76. The number of hydrogen-bond acceptors (Lipinski definition) is 3. The van der Waals surface area contributed by atoms with E-state index < -0.39 is 0 Å². The van der Waals surface area contributed by atoms with E-state index in [0.717, 1.165) is 13.0 Å². The first-order valence-electron chi connectivity index (χ1n) is 7.83. The van der Waals surface area contributed by atoms with Crippen LogP contribution in [0.4, 0.5) is 0 Å². The van der Waals surface area contributed by atoms with Gasteiger partial charge in [0, 0.05) is 13.1 Å². The van der Waals surface area contributed by atoms with E-state index in [9.17, 15) is 5.11 Å². The Morgan fingerprint density at radius 2 is 1.68 bits per heavy atom. The van der Waals surface area contributed by atoms with Gasteiger partial charge in [-0.2, -0.15) is 0 Å². The van der Waals surface area contributed by atoms with Gasteiger partial charge >= 0.3 is 0 Å². The summed E-state index contributed by atoms with van der Waals surface area (Å²) >= 11 is 0.